The van der Waals surface area contributed by atoms with E-state index in [1.165, 1.54) is 12.8 Å². The van der Waals surface area contributed by atoms with E-state index >= 15 is 0 Å². The number of rotatable bonds is 7. The molecule has 1 fully saturated rings. The van der Waals surface area contributed by atoms with Crippen LogP contribution in [0.15, 0.2) is 36.7 Å². The van der Waals surface area contributed by atoms with Gasteiger partial charge in [0, 0.05) is 18.5 Å². The molecule has 5 nitrogen and oxygen atoms in total. The molecule has 0 aliphatic heterocycles. The van der Waals surface area contributed by atoms with Crippen molar-refractivity contribution in [2.75, 3.05) is 13.2 Å². The van der Waals surface area contributed by atoms with Crippen molar-refractivity contribution in [1.29, 1.82) is 0 Å². The molecule has 1 unspecified atom stereocenters. The maximum Gasteiger partial charge on any atom is 0.335 e. The van der Waals surface area contributed by atoms with E-state index in [0.717, 1.165) is 18.3 Å². The molecule has 1 aliphatic carbocycles. The number of hydrogen-bond donors (Lipinski definition) is 1. The molecule has 0 saturated heterocycles. The largest absolute Gasteiger partial charge is 0.462 e. The van der Waals surface area contributed by atoms with Crippen molar-refractivity contribution in [1.82, 2.24) is 20.1 Å². The number of para-hydroxylation sites is 1. The first-order valence-corrected chi connectivity index (χ1v) is 7.14. The van der Waals surface area contributed by atoms with Gasteiger partial charge in [-0.1, -0.05) is 25.1 Å². The zero-order chi connectivity index (χ0) is 13.8. The van der Waals surface area contributed by atoms with Gasteiger partial charge in [0.2, 0.25) is 0 Å². The highest BCUT2D eigenvalue weighted by Crippen LogP contribution is 2.18. The van der Waals surface area contributed by atoms with Crippen LogP contribution in [0.2, 0.25) is 0 Å². The minimum Gasteiger partial charge on any atom is -0.462 e. The SMILES string of the molecule is CC(CNC1CC1)COc1ncn(-c2ccccc2)n1. The highest BCUT2D eigenvalue weighted by molar-refractivity contribution is 5.29. The summed E-state index contributed by atoms with van der Waals surface area (Å²) in [4.78, 5) is 4.18. The summed E-state index contributed by atoms with van der Waals surface area (Å²) in [7, 11) is 0. The third-order valence-electron chi connectivity index (χ3n) is 3.32. The van der Waals surface area contributed by atoms with Crippen molar-refractivity contribution in [2.24, 2.45) is 5.92 Å². The molecule has 106 valence electrons. The third-order valence-corrected chi connectivity index (χ3v) is 3.32. The Morgan fingerprint density at radius 1 is 1.35 bits per heavy atom. The highest BCUT2D eigenvalue weighted by Gasteiger charge is 2.21. The average Bonchev–Trinajstić information content (AvgIpc) is 3.20. The molecule has 2 aromatic rings. The minimum absolute atomic E-state index is 0.437. The fraction of sp³-hybridized carbons (Fsp3) is 0.467. The van der Waals surface area contributed by atoms with Gasteiger partial charge < -0.3 is 10.1 Å². The monoisotopic (exact) mass is 272 g/mol. The molecule has 5 heteroatoms. The van der Waals surface area contributed by atoms with E-state index in [4.69, 9.17) is 4.74 Å². The van der Waals surface area contributed by atoms with Crippen LogP contribution < -0.4 is 10.1 Å². The van der Waals surface area contributed by atoms with Crippen molar-refractivity contribution in [2.45, 2.75) is 25.8 Å². The first-order chi connectivity index (χ1) is 9.81. The number of aromatic nitrogens is 3. The van der Waals surface area contributed by atoms with Gasteiger partial charge in [0.25, 0.3) is 0 Å². The summed E-state index contributed by atoms with van der Waals surface area (Å²) < 4.78 is 7.36. The van der Waals surface area contributed by atoms with Crippen molar-refractivity contribution in [3.63, 3.8) is 0 Å². The molecular formula is C15H20N4O. The van der Waals surface area contributed by atoms with Gasteiger partial charge in [-0.15, -0.1) is 5.10 Å². The molecule has 0 amide bonds. The van der Waals surface area contributed by atoms with Crippen LogP contribution >= 0.6 is 0 Å². The number of nitrogens with zero attached hydrogens (tertiary/aromatic N) is 3. The summed E-state index contributed by atoms with van der Waals surface area (Å²) in [5.41, 5.74) is 0.985. The van der Waals surface area contributed by atoms with Gasteiger partial charge in [-0.05, 0) is 25.0 Å². The summed E-state index contributed by atoms with van der Waals surface area (Å²) in [6, 6.07) is 11.1. The number of hydrogen-bond acceptors (Lipinski definition) is 4. The smallest absolute Gasteiger partial charge is 0.335 e. The Morgan fingerprint density at radius 3 is 2.90 bits per heavy atom. The molecule has 0 bridgehead atoms. The van der Waals surface area contributed by atoms with Gasteiger partial charge in [-0.2, -0.15) is 4.98 Å². The van der Waals surface area contributed by atoms with E-state index in [-0.39, 0.29) is 0 Å². The molecule has 1 saturated carbocycles. The maximum absolute atomic E-state index is 5.64. The van der Waals surface area contributed by atoms with Crippen molar-refractivity contribution in [3.05, 3.63) is 36.7 Å². The Kier molecular flexibility index (Phi) is 3.97. The lowest BCUT2D eigenvalue weighted by molar-refractivity contribution is 0.237. The van der Waals surface area contributed by atoms with Gasteiger partial charge in [0.05, 0.1) is 12.3 Å². The number of nitrogens with one attached hydrogen (secondary N) is 1. The second-order valence-electron chi connectivity index (χ2n) is 5.41. The minimum atomic E-state index is 0.437. The van der Waals surface area contributed by atoms with E-state index in [1.54, 1.807) is 11.0 Å². The molecular weight excluding hydrogens is 252 g/mol. The zero-order valence-electron chi connectivity index (χ0n) is 11.7. The lowest BCUT2D eigenvalue weighted by atomic mass is 10.2. The molecule has 0 radical (unpaired) electrons. The Hall–Kier alpha value is -1.88. The first-order valence-electron chi connectivity index (χ1n) is 7.14. The zero-order valence-corrected chi connectivity index (χ0v) is 11.7. The van der Waals surface area contributed by atoms with E-state index in [2.05, 4.69) is 22.3 Å². The molecule has 3 rings (SSSR count). The summed E-state index contributed by atoms with van der Waals surface area (Å²) in [6.45, 7) is 3.80. The van der Waals surface area contributed by atoms with E-state index in [1.807, 2.05) is 30.3 Å². The summed E-state index contributed by atoms with van der Waals surface area (Å²) in [6.07, 6.45) is 4.31. The van der Waals surface area contributed by atoms with E-state index in [9.17, 15) is 0 Å². The second-order valence-corrected chi connectivity index (χ2v) is 5.41. The van der Waals surface area contributed by atoms with Crippen LogP contribution in [0.1, 0.15) is 19.8 Å². The third kappa shape index (κ3) is 3.57. The van der Waals surface area contributed by atoms with E-state index in [0.29, 0.717) is 18.5 Å². The summed E-state index contributed by atoms with van der Waals surface area (Å²) in [5, 5.41) is 7.82. The quantitative estimate of drug-likeness (QED) is 0.838. The molecule has 1 aromatic carbocycles. The Morgan fingerprint density at radius 2 is 2.15 bits per heavy atom. The fourth-order valence-corrected chi connectivity index (χ4v) is 1.95. The lowest BCUT2D eigenvalue weighted by Gasteiger charge is -2.11. The Labute approximate surface area is 119 Å². The van der Waals surface area contributed by atoms with Gasteiger partial charge in [-0.3, -0.25) is 0 Å². The normalized spacial score (nSPS) is 16.1. The standard InChI is InChI=1S/C15H20N4O/c1-12(9-16-13-7-8-13)10-20-15-17-11-19(18-15)14-5-3-2-4-6-14/h2-6,11-13,16H,7-10H2,1H3. The van der Waals surface area contributed by atoms with Crippen molar-refractivity contribution >= 4 is 0 Å². The summed E-state index contributed by atoms with van der Waals surface area (Å²) in [5.74, 6) is 0.458. The topological polar surface area (TPSA) is 52.0 Å². The van der Waals surface area contributed by atoms with Crippen LogP contribution in [0.4, 0.5) is 0 Å². The fourth-order valence-electron chi connectivity index (χ4n) is 1.95. The van der Waals surface area contributed by atoms with Gasteiger partial charge in [-0.25, -0.2) is 4.68 Å². The second kappa shape index (κ2) is 6.05. The van der Waals surface area contributed by atoms with E-state index < -0.39 is 0 Å². The van der Waals surface area contributed by atoms with Crippen LogP contribution in [0, 0.1) is 5.92 Å². The number of benzene rings is 1. The van der Waals surface area contributed by atoms with Crippen LogP contribution in [0.5, 0.6) is 6.01 Å². The molecule has 0 spiro atoms. The van der Waals surface area contributed by atoms with Gasteiger partial charge >= 0.3 is 6.01 Å². The first kappa shape index (κ1) is 13.1. The molecule has 1 N–H and O–H groups in total. The molecule has 20 heavy (non-hydrogen) atoms. The van der Waals surface area contributed by atoms with Crippen LogP contribution in [-0.2, 0) is 0 Å². The van der Waals surface area contributed by atoms with Gasteiger partial charge in [0.15, 0.2) is 0 Å². The van der Waals surface area contributed by atoms with Crippen molar-refractivity contribution < 1.29 is 4.74 Å². The number of ether oxygens (including phenoxy) is 1. The summed E-state index contributed by atoms with van der Waals surface area (Å²) >= 11 is 0. The maximum atomic E-state index is 5.64. The van der Waals surface area contributed by atoms with Crippen molar-refractivity contribution in [3.8, 4) is 11.7 Å². The Bertz CT molecular complexity index is 536. The van der Waals surface area contributed by atoms with Crippen LogP contribution in [-0.4, -0.2) is 34.0 Å². The lowest BCUT2D eigenvalue weighted by Crippen LogP contribution is -2.26. The van der Waals surface area contributed by atoms with Crippen LogP contribution in [0.25, 0.3) is 5.69 Å². The highest BCUT2D eigenvalue weighted by atomic mass is 16.5. The van der Waals surface area contributed by atoms with Crippen LogP contribution in [0.3, 0.4) is 0 Å². The molecule has 1 aliphatic rings. The molecule has 1 atom stereocenters. The predicted octanol–water partition coefficient (Wildman–Crippen LogP) is 2.03. The molecule has 1 aromatic heterocycles. The van der Waals surface area contributed by atoms with Gasteiger partial charge in [0.1, 0.15) is 6.33 Å². The average molecular weight is 272 g/mol. The Balaban J connectivity index is 1.49. The predicted molar refractivity (Wildman–Crippen MR) is 77.0 cm³/mol. The molecule has 1 heterocycles.